The number of rotatable bonds is 3. The van der Waals surface area contributed by atoms with Crippen LogP contribution in [-0.4, -0.2) is 36.9 Å². The molecular formula is C9H15F3N2O2. The highest BCUT2D eigenvalue weighted by Gasteiger charge is 2.54. The van der Waals surface area contributed by atoms with Crippen molar-refractivity contribution in [3.63, 3.8) is 0 Å². The van der Waals surface area contributed by atoms with E-state index in [0.29, 0.717) is 19.8 Å². The third-order valence-corrected chi connectivity index (χ3v) is 2.82. The minimum atomic E-state index is -4.75. The lowest BCUT2D eigenvalue weighted by Crippen LogP contribution is -2.64. The lowest BCUT2D eigenvalue weighted by atomic mass is 9.88. The van der Waals surface area contributed by atoms with Crippen molar-refractivity contribution in [2.24, 2.45) is 5.73 Å². The van der Waals surface area contributed by atoms with Crippen LogP contribution in [0.5, 0.6) is 0 Å². The number of amides is 1. The zero-order valence-corrected chi connectivity index (χ0v) is 9.10. The van der Waals surface area contributed by atoms with Crippen molar-refractivity contribution in [1.82, 2.24) is 5.32 Å². The first kappa shape index (κ1) is 13.2. The van der Waals surface area contributed by atoms with Gasteiger partial charge in [0.25, 0.3) is 0 Å². The Balaban J connectivity index is 2.48. The van der Waals surface area contributed by atoms with E-state index >= 15 is 0 Å². The van der Waals surface area contributed by atoms with Crippen LogP contribution in [0.2, 0.25) is 0 Å². The van der Waals surface area contributed by atoms with Crippen LogP contribution in [0.1, 0.15) is 19.8 Å². The number of carbonyl (C=O) groups is 1. The predicted molar refractivity (Wildman–Crippen MR) is 50.6 cm³/mol. The van der Waals surface area contributed by atoms with Crippen molar-refractivity contribution < 1.29 is 22.7 Å². The lowest BCUT2D eigenvalue weighted by Gasteiger charge is -2.37. The smallest absolute Gasteiger partial charge is 0.381 e. The normalized spacial score (nSPS) is 29.1. The van der Waals surface area contributed by atoms with Crippen LogP contribution >= 0.6 is 0 Å². The van der Waals surface area contributed by atoms with E-state index in [0.717, 1.165) is 0 Å². The van der Waals surface area contributed by atoms with Gasteiger partial charge in [0.2, 0.25) is 5.91 Å². The van der Waals surface area contributed by atoms with E-state index in [4.69, 9.17) is 10.5 Å². The molecule has 0 aromatic heterocycles. The van der Waals surface area contributed by atoms with Gasteiger partial charge in [0.15, 0.2) is 5.54 Å². The monoisotopic (exact) mass is 240 g/mol. The minimum Gasteiger partial charge on any atom is -0.381 e. The molecule has 0 radical (unpaired) electrons. The highest BCUT2D eigenvalue weighted by molar-refractivity contribution is 5.86. The summed E-state index contributed by atoms with van der Waals surface area (Å²) in [7, 11) is 1.52. The van der Waals surface area contributed by atoms with Gasteiger partial charge in [-0.15, -0.1) is 0 Å². The first-order valence-corrected chi connectivity index (χ1v) is 4.88. The SMILES string of the molecule is COC1CC(NC(=O)C(C)(N)C(F)(F)F)C1. The van der Waals surface area contributed by atoms with Crippen LogP contribution in [0, 0.1) is 0 Å². The number of ether oxygens (including phenoxy) is 1. The number of carbonyl (C=O) groups excluding carboxylic acids is 1. The summed E-state index contributed by atoms with van der Waals surface area (Å²) in [6.45, 7) is 0.662. The molecule has 0 spiro atoms. The van der Waals surface area contributed by atoms with Crippen molar-refractivity contribution in [2.75, 3.05) is 7.11 Å². The molecule has 0 aliphatic heterocycles. The van der Waals surface area contributed by atoms with Gasteiger partial charge in [-0.1, -0.05) is 0 Å². The molecule has 1 atom stereocenters. The van der Waals surface area contributed by atoms with E-state index in [1.165, 1.54) is 7.11 Å². The molecule has 1 amide bonds. The van der Waals surface area contributed by atoms with Crippen molar-refractivity contribution in [3.05, 3.63) is 0 Å². The Labute approximate surface area is 91.3 Å². The van der Waals surface area contributed by atoms with Gasteiger partial charge in [-0.25, -0.2) is 0 Å². The molecule has 94 valence electrons. The molecule has 3 N–H and O–H groups in total. The van der Waals surface area contributed by atoms with Crippen LogP contribution in [0.3, 0.4) is 0 Å². The number of alkyl halides is 3. The van der Waals surface area contributed by atoms with E-state index in [1.54, 1.807) is 0 Å². The van der Waals surface area contributed by atoms with Gasteiger partial charge in [-0.2, -0.15) is 13.2 Å². The van der Waals surface area contributed by atoms with Gasteiger partial charge in [0.1, 0.15) is 0 Å². The maximum atomic E-state index is 12.4. The van der Waals surface area contributed by atoms with E-state index in [2.05, 4.69) is 5.32 Å². The number of nitrogens with two attached hydrogens (primary N) is 1. The Morgan fingerprint density at radius 3 is 2.31 bits per heavy atom. The van der Waals surface area contributed by atoms with Gasteiger partial charge < -0.3 is 15.8 Å². The zero-order chi connectivity index (χ0) is 12.6. The molecule has 1 aliphatic carbocycles. The topological polar surface area (TPSA) is 64.3 Å². The molecule has 1 fully saturated rings. The molecule has 0 aromatic rings. The predicted octanol–water partition coefficient (Wildman–Crippen LogP) is 0.560. The Morgan fingerprint density at radius 2 is 1.94 bits per heavy atom. The lowest BCUT2D eigenvalue weighted by molar-refractivity contribution is -0.188. The summed E-state index contributed by atoms with van der Waals surface area (Å²) in [5.74, 6) is -1.19. The molecule has 0 saturated heterocycles. The molecule has 0 aromatic carbocycles. The zero-order valence-electron chi connectivity index (χ0n) is 9.10. The molecule has 0 heterocycles. The summed E-state index contributed by atoms with van der Waals surface area (Å²) < 4.78 is 42.1. The van der Waals surface area contributed by atoms with Crippen LogP contribution in [-0.2, 0) is 9.53 Å². The Bertz CT molecular complexity index is 272. The fourth-order valence-electron chi connectivity index (χ4n) is 1.34. The quantitative estimate of drug-likeness (QED) is 0.757. The summed E-state index contributed by atoms with van der Waals surface area (Å²) in [5, 5.41) is 2.26. The van der Waals surface area contributed by atoms with Crippen LogP contribution in [0.15, 0.2) is 0 Å². The van der Waals surface area contributed by atoms with Gasteiger partial charge in [-0.05, 0) is 19.8 Å². The summed E-state index contributed by atoms with van der Waals surface area (Å²) in [6, 6.07) is -0.275. The van der Waals surface area contributed by atoms with E-state index in [-0.39, 0.29) is 12.1 Å². The third kappa shape index (κ3) is 2.46. The molecule has 1 aliphatic rings. The van der Waals surface area contributed by atoms with Crippen LogP contribution in [0.4, 0.5) is 13.2 Å². The highest BCUT2D eigenvalue weighted by atomic mass is 19.4. The summed E-state index contributed by atoms with van der Waals surface area (Å²) >= 11 is 0. The Kier molecular flexibility index (Phi) is 3.49. The molecule has 1 unspecified atom stereocenters. The standard InChI is InChI=1S/C9H15F3N2O2/c1-8(13,9(10,11)12)7(15)14-5-3-6(4-5)16-2/h5-6H,3-4,13H2,1-2H3,(H,14,15). The highest BCUT2D eigenvalue weighted by Crippen LogP contribution is 2.29. The fourth-order valence-corrected chi connectivity index (χ4v) is 1.34. The molecule has 1 saturated carbocycles. The maximum Gasteiger partial charge on any atom is 0.415 e. The van der Waals surface area contributed by atoms with Gasteiger partial charge in [0.05, 0.1) is 6.10 Å². The van der Waals surface area contributed by atoms with Crippen LogP contribution in [0.25, 0.3) is 0 Å². The number of hydrogen-bond acceptors (Lipinski definition) is 3. The number of nitrogens with one attached hydrogen (secondary N) is 1. The van der Waals surface area contributed by atoms with E-state index in [9.17, 15) is 18.0 Å². The maximum absolute atomic E-state index is 12.4. The largest absolute Gasteiger partial charge is 0.415 e. The molecular weight excluding hydrogens is 225 g/mol. The Hall–Kier alpha value is -0.820. The number of methoxy groups -OCH3 is 1. The van der Waals surface area contributed by atoms with Crippen molar-refractivity contribution in [3.8, 4) is 0 Å². The van der Waals surface area contributed by atoms with Crippen molar-refractivity contribution >= 4 is 5.91 Å². The van der Waals surface area contributed by atoms with Gasteiger partial charge in [-0.3, -0.25) is 4.79 Å². The third-order valence-electron chi connectivity index (χ3n) is 2.82. The fraction of sp³-hybridized carbons (Fsp3) is 0.889. The Morgan fingerprint density at radius 1 is 1.44 bits per heavy atom. The first-order valence-electron chi connectivity index (χ1n) is 4.88. The van der Waals surface area contributed by atoms with Crippen molar-refractivity contribution in [1.29, 1.82) is 0 Å². The van der Waals surface area contributed by atoms with E-state index in [1.807, 2.05) is 0 Å². The molecule has 7 heteroatoms. The molecule has 4 nitrogen and oxygen atoms in total. The summed E-state index contributed by atoms with van der Waals surface area (Å²) in [6.07, 6.45) is -3.69. The van der Waals surface area contributed by atoms with Gasteiger partial charge in [0, 0.05) is 13.2 Å². The second-order valence-electron chi connectivity index (χ2n) is 4.20. The van der Waals surface area contributed by atoms with Crippen molar-refractivity contribution in [2.45, 2.75) is 43.6 Å². The molecule has 0 bridgehead atoms. The molecule has 16 heavy (non-hydrogen) atoms. The first-order chi connectivity index (χ1) is 7.18. The second kappa shape index (κ2) is 4.21. The van der Waals surface area contributed by atoms with Crippen LogP contribution < -0.4 is 11.1 Å². The van der Waals surface area contributed by atoms with E-state index < -0.39 is 17.6 Å². The molecule has 1 rings (SSSR count). The average Bonchev–Trinajstić information content (AvgIpc) is 2.07. The number of hydrogen-bond donors (Lipinski definition) is 2. The summed E-state index contributed by atoms with van der Waals surface area (Å²) in [5.41, 5.74) is 2.12. The average molecular weight is 240 g/mol. The minimum absolute atomic E-state index is 0.0141. The summed E-state index contributed by atoms with van der Waals surface area (Å²) in [4.78, 5) is 11.3. The number of halogens is 3. The second-order valence-corrected chi connectivity index (χ2v) is 4.20. The van der Waals surface area contributed by atoms with Gasteiger partial charge >= 0.3 is 6.18 Å².